The summed E-state index contributed by atoms with van der Waals surface area (Å²) >= 11 is 1.42. The second kappa shape index (κ2) is 5.80. The maximum absolute atomic E-state index is 12.7. The molecule has 0 saturated carbocycles. The summed E-state index contributed by atoms with van der Waals surface area (Å²) in [5.41, 5.74) is 1.92. The molecule has 0 radical (unpaired) electrons. The molecule has 1 aromatic carbocycles. The molecule has 2 heterocycles. The van der Waals surface area contributed by atoms with Crippen LogP contribution in [0.15, 0.2) is 54.3 Å². The molecule has 0 spiro atoms. The van der Waals surface area contributed by atoms with Crippen LogP contribution in [0.2, 0.25) is 0 Å². The Hall–Kier alpha value is -2.60. The monoisotopic (exact) mass is 296 g/mol. The van der Waals surface area contributed by atoms with E-state index in [-0.39, 0.29) is 11.6 Å². The van der Waals surface area contributed by atoms with Crippen LogP contribution in [0.4, 0.5) is 10.8 Å². The number of hydrogen-bond acceptors (Lipinski definition) is 5. The number of anilines is 2. The molecule has 0 atom stereocenters. The van der Waals surface area contributed by atoms with Gasteiger partial charge in [-0.2, -0.15) is 0 Å². The number of rotatable bonds is 3. The molecule has 5 nitrogen and oxygen atoms in total. The van der Waals surface area contributed by atoms with Gasteiger partial charge >= 0.3 is 0 Å². The van der Waals surface area contributed by atoms with Crippen molar-refractivity contribution in [2.24, 2.45) is 0 Å². The first-order valence-corrected chi connectivity index (χ1v) is 7.21. The molecule has 0 aliphatic carbocycles. The Kier molecular flexibility index (Phi) is 3.70. The smallest absolute Gasteiger partial charge is 0.266 e. The van der Waals surface area contributed by atoms with E-state index in [1.807, 2.05) is 42.6 Å². The van der Waals surface area contributed by atoms with E-state index < -0.39 is 0 Å². The minimum atomic E-state index is -0.247. The minimum absolute atomic E-state index is 0.247. The van der Waals surface area contributed by atoms with Gasteiger partial charge in [0.2, 0.25) is 0 Å². The van der Waals surface area contributed by atoms with Crippen LogP contribution < -0.4 is 4.90 Å². The van der Waals surface area contributed by atoms with Crippen molar-refractivity contribution in [2.75, 3.05) is 4.90 Å². The van der Waals surface area contributed by atoms with Gasteiger partial charge in [0, 0.05) is 17.8 Å². The van der Waals surface area contributed by atoms with Crippen molar-refractivity contribution >= 4 is 28.1 Å². The molecule has 0 fully saturated rings. The van der Waals surface area contributed by atoms with Crippen molar-refractivity contribution in [3.63, 3.8) is 0 Å². The predicted molar refractivity (Wildman–Crippen MR) is 81.8 cm³/mol. The van der Waals surface area contributed by atoms with E-state index in [1.165, 1.54) is 29.9 Å². The van der Waals surface area contributed by atoms with Gasteiger partial charge < -0.3 is 0 Å². The van der Waals surface area contributed by atoms with Crippen LogP contribution in [0.25, 0.3) is 0 Å². The zero-order valence-corrected chi connectivity index (χ0v) is 12.1. The normalized spacial score (nSPS) is 10.3. The molecule has 3 rings (SSSR count). The molecule has 104 valence electrons. The van der Waals surface area contributed by atoms with Gasteiger partial charge in [-0.3, -0.25) is 14.7 Å². The summed E-state index contributed by atoms with van der Waals surface area (Å²) in [7, 11) is 0. The van der Waals surface area contributed by atoms with Gasteiger partial charge in [0.1, 0.15) is 5.69 Å². The topological polar surface area (TPSA) is 59.0 Å². The fourth-order valence-corrected chi connectivity index (χ4v) is 2.68. The minimum Gasteiger partial charge on any atom is -0.266 e. The molecule has 0 aliphatic rings. The third kappa shape index (κ3) is 2.80. The maximum atomic E-state index is 12.7. The first kappa shape index (κ1) is 13.4. The summed E-state index contributed by atoms with van der Waals surface area (Å²) < 4.78 is 0. The third-order valence-electron chi connectivity index (χ3n) is 2.80. The Bertz CT molecular complexity index is 743. The Labute approximate surface area is 125 Å². The molecule has 2 aromatic heterocycles. The van der Waals surface area contributed by atoms with E-state index in [2.05, 4.69) is 15.0 Å². The van der Waals surface area contributed by atoms with Crippen LogP contribution in [-0.2, 0) is 0 Å². The fraction of sp³-hybridized carbons (Fsp3) is 0.0667. The van der Waals surface area contributed by atoms with Gasteiger partial charge in [0.05, 0.1) is 17.6 Å². The maximum Gasteiger partial charge on any atom is 0.284 e. The van der Waals surface area contributed by atoms with Crippen molar-refractivity contribution < 1.29 is 4.79 Å². The lowest BCUT2D eigenvalue weighted by Gasteiger charge is -2.19. The number of aromatic nitrogens is 3. The molecule has 1 amide bonds. The average Bonchev–Trinajstić information content (AvgIpc) is 2.95. The van der Waals surface area contributed by atoms with Crippen molar-refractivity contribution in [3.05, 3.63) is 65.7 Å². The molecule has 0 aliphatic heterocycles. The zero-order chi connectivity index (χ0) is 14.7. The summed E-state index contributed by atoms with van der Waals surface area (Å²) in [6, 6.07) is 9.40. The van der Waals surface area contributed by atoms with Crippen LogP contribution in [0, 0.1) is 6.92 Å². The number of nitrogens with zero attached hydrogens (tertiary/aromatic N) is 4. The second-order valence-corrected chi connectivity index (χ2v) is 5.17. The lowest BCUT2D eigenvalue weighted by molar-refractivity contribution is 0.0994. The van der Waals surface area contributed by atoms with E-state index in [1.54, 1.807) is 4.90 Å². The molecule has 21 heavy (non-hydrogen) atoms. The highest BCUT2D eigenvalue weighted by atomic mass is 32.1. The van der Waals surface area contributed by atoms with E-state index in [4.69, 9.17) is 0 Å². The molecule has 0 saturated heterocycles. The molecule has 0 N–H and O–H groups in total. The SMILES string of the molecule is Cc1csc(N(C(=O)c2cnccn2)c2ccccc2)n1. The predicted octanol–water partition coefficient (Wildman–Crippen LogP) is 3.22. The molecule has 6 heteroatoms. The van der Waals surface area contributed by atoms with Crippen LogP contribution in [0.1, 0.15) is 16.2 Å². The van der Waals surface area contributed by atoms with Gasteiger partial charge in [-0.05, 0) is 19.1 Å². The number of para-hydroxylation sites is 1. The Morgan fingerprint density at radius 2 is 2.00 bits per heavy atom. The summed E-state index contributed by atoms with van der Waals surface area (Å²) in [5, 5.41) is 2.53. The number of aryl methyl sites for hydroxylation is 1. The summed E-state index contributed by atoms with van der Waals surface area (Å²) in [6.45, 7) is 1.90. The van der Waals surface area contributed by atoms with Gasteiger partial charge in [-0.25, -0.2) is 9.97 Å². The first-order valence-electron chi connectivity index (χ1n) is 6.33. The Balaban J connectivity index is 2.07. The lowest BCUT2D eigenvalue weighted by atomic mass is 10.2. The number of hydrogen-bond donors (Lipinski definition) is 0. The highest BCUT2D eigenvalue weighted by molar-refractivity contribution is 7.14. The Morgan fingerprint density at radius 3 is 2.62 bits per heavy atom. The van der Waals surface area contributed by atoms with Crippen LogP contribution in [0.5, 0.6) is 0 Å². The van der Waals surface area contributed by atoms with Crippen molar-refractivity contribution in [3.8, 4) is 0 Å². The van der Waals surface area contributed by atoms with Crippen LogP contribution in [0.3, 0.4) is 0 Å². The van der Waals surface area contributed by atoms with Crippen molar-refractivity contribution in [1.82, 2.24) is 15.0 Å². The van der Waals surface area contributed by atoms with E-state index >= 15 is 0 Å². The van der Waals surface area contributed by atoms with Crippen LogP contribution in [-0.4, -0.2) is 20.9 Å². The number of thiazole rings is 1. The highest BCUT2D eigenvalue weighted by Crippen LogP contribution is 2.29. The van der Waals surface area contributed by atoms with Gasteiger partial charge in [-0.15, -0.1) is 11.3 Å². The van der Waals surface area contributed by atoms with E-state index in [0.29, 0.717) is 5.13 Å². The molecule has 0 unspecified atom stereocenters. The number of carbonyl (C=O) groups is 1. The lowest BCUT2D eigenvalue weighted by Crippen LogP contribution is -2.26. The number of benzene rings is 1. The summed E-state index contributed by atoms with van der Waals surface area (Å²) in [4.78, 5) is 26.7. The molecular formula is C15H12N4OS. The first-order chi connectivity index (χ1) is 10.3. The standard InChI is InChI=1S/C15H12N4OS/c1-11-10-21-15(18-11)19(12-5-3-2-4-6-12)14(20)13-9-16-7-8-17-13/h2-10H,1H3. The van der Waals surface area contributed by atoms with Crippen molar-refractivity contribution in [1.29, 1.82) is 0 Å². The van der Waals surface area contributed by atoms with Gasteiger partial charge in [0.15, 0.2) is 5.13 Å². The third-order valence-corrected chi connectivity index (χ3v) is 3.74. The number of carbonyl (C=O) groups excluding carboxylic acids is 1. The highest BCUT2D eigenvalue weighted by Gasteiger charge is 2.23. The van der Waals surface area contributed by atoms with E-state index in [0.717, 1.165) is 11.4 Å². The summed E-state index contributed by atoms with van der Waals surface area (Å²) in [6.07, 6.45) is 4.50. The number of amides is 1. The van der Waals surface area contributed by atoms with Crippen LogP contribution >= 0.6 is 11.3 Å². The fourth-order valence-electron chi connectivity index (χ4n) is 1.86. The quantitative estimate of drug-likeness (QED) is 0.744. The second-order valence-electron chi connectivity index (χ2n) is 4.34. The molecule has 3 aromatic rings. The average molecular weight is 296 g/mol. The van der Waals surface area contributed by atoms with E-state index in [9.17, 15) is 4.79 Å². The van der Waals surface area contributed by atoms with Gasteiger partial charge in [-0.1, -0.05) is 18.2 Å². The van der Waals surface area contributed by atoms with Crippen molar-refractivity contribution in [2.45, 2.75) is 6.92 Å². The molecular weight excluding hydrogens is 284 g/mol. The molecule has 0 bridgehead atoms. The largest absolute Gasteiger partial charge is 0.284 e. The zero-order valence-electron chi connectivity index (χ0n) is 11.3. The Morgan fingerprint density at radius 1 is 1.19 bits per heavy atom. The van der Waals surface area contributed by atoms with Gasteiger partial charge in [0.25, 0.3) is 5.91 Å². The summed E-state index contributed by atoms with van der Waals surface area (Å²) in [5.74, 6) is -0.247.